The van der Waals surface area contributed by atoms with E-state index in [2.05, 4.69) is 15.5 Å². The van der Waals surface area contributed by atoms with Gasteiger partial charge in [-0.3, -0.25) is 4.90 Å². The second-order valence-electron chi connectivity index (χ2n) is 7.38. The zero-order valence-electron chi connectivity index (χ0n) is 16.8. The summed E-state index contributed by atoms with van der Waals surface area (Å²) in [5.74, 6) is 2.45. The summed E-state index contributed by atoms with van der Waals surface area (Å²) in [7, 11) is 0. The van der Waals surface area contributed by atoms with Crippen LogP contribution >= 0.6 is 0 Å². The minimum Gasteiger partial charge on any atom is -0.465 e. The summed E-state index contributed by atoms with van der Waals surface area (Å²) in [6.07, 6.45) is 0. The van der Waals surface area contributed by atoms with Gasteiger partial charge in [-0.15, -0.1) is 0 Å². The number of nitrogens with zero attached hydrogens (tertiary/aromatic N) is 1. The number of rotatable bonds is 6. The van der Waals surface area contributed by atoms with Crippen LogP contribution < -0.4 is 10.6 Å². The zero-order valence-corrected chi connectivity index (χ0v) is 16.8. The number of carbonyl (C=O) groups is 1. The molecule has 1 fully saturated rings. The van der Waals surface area contributed by atoms with Crippen LogP contribution in [0.1, 0.15) is 36.3 Å². The zero-order chi connectivity index (χ0) is 20.2. The molecule has 4 rings (SSSR count). The molecule has 0 radical (unpaired) electrons. The van der Waals surface area contributed by atoms with Crippen molar-refractivity contribution in [2.75, 3.05) is 32.8 Å². The van der Waals surface area contributed by atoms with E-state index in [0.717, 1.165) is 41.3 Å². The topological polar surface area (TPSA) is 79.9 Å². The smallest absolute Gasteiger partial charge is 0.315 e. The summed E-state index contributed by atoms with van der Waals surface area (Å²) in [4.78, 5) is 14.8. The molecular formula is C22H27N3O4. The van der Waals surface area contributed by atoms with E-state index in [1.165, 1.54) is 0 Å². The van der Waals surface area contributed by atoms with E-state index in [1.54, 1.807) is 0 Å². The van der Waals surface area contributed by atoms with E-state index in [-0.39, 0.29) is 18.1 Å². The van der Waals surface area contributed by atoms with Gasteiger partial charge < -0.3 is 24.2 Å². The lowest BCUT2D eigenvalue weighted by atomic mass is 10.1. The molecule has 0 spiro atoms. The van der Waals surface area contributed by atoms with Crippen molar-refractivity contribution in [3.05, 3.63) is 59.7 Å². The molecule has 7 nitrogen and oxygen atoms in total. The molecule has 3 aromatic rings. The van der Waals surface area contributed by atoms with Gasteiger partial charge in [0.15, 0.2) is 0 Å². The molecular weight excluding hydrogens is 370 g/mol. The molecule has 7 heteroatoms. The normalized spacial score (nSPS) is 17.2. The minimum atomic E-state index is -0.241. The number of furan rings is 2. The number of hydrogen-bond donors (Lipinski definition) is 2. The Morgan fingerprint density at radius 3 is 2.62 bits per heavy atom. The highest BCUT2D eigenvalue weighted by Crippen LogP contribution is 2.25. The van der Waals surface area contributed by atoms with Crippen molar-refractivity contribution < 1.29 is 18.4 Å². The highest BCUT2D eigenvalue weighted by molar-refractivity contribution is 5.78. The van der Waals surface area contributed by atoms with Crippen molar-refractivity contribution in [2.45, 2.75) is 25.9 Å². The molecule has 2 atom stereocenters. The Balaban J connectivity index is 1.38. The third-order valence-corrected chi connectivity index (χ3v) is 5.25. The van der Waals surface area contributed by atoms with E-state index >= 15 is 0 Å². The summed E-state index contributed by atoms with van der Waals surface area (Å²) in [6.45, 7) is 7.27. The largest absolute Gasteiger partial charge is 0.465 e. The van der Waals surface area contributed by atoms with Crippen LogP contribution in [0.4, 0.5) is 4.79 Å². The number of carbonyl (C=O) groups excluding carboxylic acids is 1. The van der Waals surface area contributed by atoms with Gasteiger partial charge in [0.2, 0.25) is 0 Å². The first-order chi connectivity index (χ1) is 14.1. The van der Waals surface area contributed by atoms with Gasteiger partial charge in [-0.25, -0.2) is 4.79 Å². The fraction of sp³-hybridized carbons (Fsp3) is 0.409. The van der Waals surface area contributed by atoms with Gasteiger partial charge >= 0.3 is 6.03 Å². The quantitative estimate of drug-likeness (QED) is 0.662. The lowest BCUT2D eigenvalue weighted by molar-refractivity contribution is 0.0121. The van der Waals surface area contributed by atoms with Gasteiger partial charge in [0.1, 0.15) is 22.9 Å². The average Bonchev–Trinajstić information content (AvgIpc) is 3.35. The van der Waals surface area contributed by atoms with E-state index in [4.69, 9.17) is 13.6 Å². The maximum atomic E-state index is 12.5. The minimum absolute atomic E-state index is 0.0279. The SMILES string of the molecule is Cc1ccc(C(CNC(=O)NC(C)c2cc3ccccc3o2)N2CCOCC2)o1. The van der Waals surface area contributed by atoms with Gasteiger partial charge in [-0.05, 0) is 38.1 Å². The molecule has 2 N–H and O–H groups in total. The molecule has 1 aliphatic rings. The van der Waals surface area contributed by atoms with Crippen molar-refractivity contribution in [1.29, 1.82) is 0 Å². The molecule has 2 aromatic heterocycles. The highest BCUT2D eigenvalue weighted by atomic mass is 16.5. The number of urea groups is 1. The first kappa shape index (κ1) is 19.5. The van der Waals surface area contributed by atoms with Gasteiger partial charge in [0.25, 0.3) is 0 Å². The summed E-state index contributed by atoms with van der Waals surface area (Å²) >= 11 is 0. The standard InChI is InChI=1S/C22H27N3O4/c1-15-7-8-20(28-15)18(25-9-11-27-12-10-25)14-23-22(26)24-16(2)21-13-17-5-3-4-6-19(17)29-21/h3-8,13,16,18H,9-12,14H2,1-2H3,(H2,23,24,26). The molecule has 0 bridgehead atoms. The molecule has 154 valence electrons. The third-order valence-electron chi connectivity index (χ3n) is 5.25. The fourth-order valence-electron chi connectivity index (χ4n) is 3.66. The number of fused-ring (bicyclic) bond motifs is 1. The van der Waals surface area contributed by atoms with E-state index in [0.29, 0.717) is 19.8 Å². The fourth-order valence-corrected chi connectivity index (χ4v) is 3.66. The van der Waals surface area contributed by atoms with E-state index in [1.807, 2.05) is 56.3 Å². The first-order valence-electron chi connectivity index (χ1n) is 10.0. The monoisotopic (exact) mass is 397 g/mol. The van der Waals surface area contributed by atoms with Crippen molar-refractivity contribution in [2.24, 2.45) is 0 Å². The molecule has 3 heterocycles. The Hall–Kier alpha value is -2.77. The molecule has 1 saturated heterocycles. The van der Waals surface area contributed by atoms with Crippen LogP contribution in [0.2, 0.25) is 0 Å². The number of hydrogen-bond acceptors (Lipinski definition) is 5. The molecule has 29 heavy (non-hydrogen) atoms. The van der Waals surface area contributed by atoms with E-state index < -0.39 is 0 Å². The van der Waals surface area contributed by atoms with Gasteiger partial charge in [0.05, 0.1) is 25.3 Å². The Labute approximate surface area is 170 Å². The maximum Gasteiger partial charge on any atom is 0.315 e. The van der Waals surface area contributed by atoms with Gasteiger partial charge in [0, 0.05) is 25.0 Å². The predicted molar refractivity (Wildman–Crippen MR) is 110 cm³/mol. The summed E-state index contributed by atoms with van der Waals surface area (Å²) < 4.78 is 17.2. The van der Waals surface area contributed by atoms with Crippen LogP contribution in [0.5, 0.6) is 0 Å². The van der Waals surface area contributed by atoms with Gasteiger partial charge in [-0.2, -0.15) is 0 Å². The first-order valence-corrected chi connectivity index (χ1v) is 10.0. The molecule has 0 aliphatic carbocycles. The predicted octanol–water partition coefficient (Wildman–Crippen LogP) is 3.77. The van der Waals surface area contributed by atoms with Crippen LogP contribution in [-0.4, -0.2) is 43.8 Å². The summed E-state index contributed by atoms with van der Waals surface area (Å²) in [5, 5.41) is 6.97. The number of ether oxygens (including phenoxy) is 1. The number of nitrogens with one attached hydrogen (secondary N) is 2. The summed E-state index contributed by atoms with van der Waals surface area (Å²) in [6, 6.07) is 13.2. The number of amides is 2. The lowest BCUT2D eigenvalue weighted by Crippen LogP contribution is -2.46. The number of morpholine rings is 1. The Kier molecular flexibility index (Phi) is 5.87. The molecule has 0 saturated carbocycles. The third kappa shape index (κ3) is 4.63. The van der Waals surface area contributed by atoms with Crippen LogP contribution in [0.3, 0.4) is 0 Å². The van der Waals surface area contributed by atoms with Crippen LogP contribution in [-0.2, 0) is 4.74 Å². The Bertz CT molecular complexity index is 925. The molecule has 2 amide bonds. The van der Waals surface area contributed by atoms with Crippen molar-refractivity contribution in [3.8, 4) is 0 Å². The van der Waals surface area contributed by atoms with Gasteiger partial charge in [-0.1, -0.05) is 18.2 Å². The number of para-hydroxylation sites is 1. The molecule has 1 aromatic carbocycles. The van der Waals surface area contributed by atoms with Crippen LogP contribution in [0.25, 0.3) is 11.0 Å². The second kappa shape index (κ2) is 8.71. The highest BCUT2D eigenvalue weighted by Gasteiger charge is 2.26. The summed E-state index contributed by atoms with van der Waals surface area (Å²) in [5.41, 5.74) is 0.817. The Morgan fingerprint density at radius 1 is 1.10 bits per heavy atom. The van der Waals surface area contributed by atoms with Crippen molar-refractivity contribution in [3.63, 3.8) is 0 Å². The maximum absolute atomic E-state index is 12.5. The molecule has 1 aliphatic heterocycles. The van der Waals surface area contributed by atoms with Crippen LogP contribution in [0, 0.1) is 6.92 Å². The van der Waals surface area contributed by atoms with Crippen molar-refractivity contribution >= 4 is 17.0 Å². The average molecular weight is 397 g/mol. The Morgan fingerprint density at radius 2 is 1.90 bits per heavy atom. The second-order valence-corrected chi connectivity index (χ2v) is 7.38. The van der Waals surface area contributed by atoms with E-state index in [9.17, 15) is 4.79 Å². The number of benzene rings is 1. The van der Waals surface area contributed by atoms with Crippen molar-refractivity contribution in [1.82, 2.24) is 15.5 Å². The van der Waals surface area contributed by atoms with Crippen LogP contribution in [0.15, 0.2) is 51.3 Å². The number of aryl methyl sites for hydroxylation is 1. The lowest BCUT2D eigenvalue weighted by Gasteiger charge is -2.33. The molecule has 2 unspecified atom stereocenters.